The van der Waals surface area contributed by atoms with Crippen molar-refractivity contribution in [2.75, 3.05) is 0 Å². The number of imidazole rings is 1. The van der Waals surface area contributed by atoms with E-state index >= 15 is 0 Å². The highest BCUT2D eigenvalue weighted by Gasteiger charge is 2.04. The molecule has 0 unspecified atom stereocenters. The minimum Gasteiger partial charge on any atom is -0.427 e. The first-order chi connectivity index (χ1) is 4.79. The van der Waals surface area contributed by atoms with E-state index in [9.17, 15) is 0 Å². The average molecular weight is 139 g/mol. The maximum Gasteiger partial charge on any atom is 0.196 e. The molecule has 0 amide bonds. The van der Waals surface area contributed by atoms with Crippen LogP contribution in [-0.2, 0) is 0 Å². The van der Waals surface area contributed by atoms with Gasteiger partial charge in [-0.25, -0.2) is 4.98 Å². The molecule has 5 nitrogen and oxygen atoms in total. The Labute approximate surface area is 55.7 Å². The van der Waals surface area contributed by atoms with Crippen molar-refractivity contribution in [3.8, 4) is 0 Å². The van der Waals surface area contributed by atoms with Gasteiger partial charge in [-0.05, 0) is 6.07 Å². The van der Waals surface area contributed by atoms with E-state index in [-0.39, 0.29) is 0 Å². The molecule has 2 aromatic rings. The van der Waals surface area contributed by atoms with E-state index in [1.807, 2.05) is 0 Å². The third kappa shape index (κ3) is 0.439. The molecule has 0 fully saturated rings. The molecular weight excluding hydrogens is 134 g/mol. The standard InChI is InChI=1S/C5H5N3O2/c9-7-2-1-4-5(7)6-3-8(4)10/h1-3,9-10H. The molecule has 10 heavy (non-hydrogen) atoms. The molecule has 0 saturated heterocycles. The van der Waals surface area contributed by atoms with Crippen molar-refractivity contribution in [1.29, 1.82) is 0 Å². The van der Waals surface area contributed by atoms with Gasteiger partial charge in [-0.2, -0.15) is 9.46 Å². The Morgan fingerprint density at radius 1 is 1.30 bits per heavy atom. The third-order valence-electron chi connectivity index (χ3n) is 1.36. The summed E-state index contributed by atoms with van der Waals surface area (Å²) in [5.74, 6) is 0. The summed E-state index contributed by atoms with van der Waals surface area (Å²) in [7, 11) is 0. The van der Waals surface area contributed by atoms with Crippen LogP contribution in [0, 0.1) is 0 Å². The highest BCUT2D eigenvalue weighted by atomic mass is 16.5. The quantitative estimate of drug-likeness (QED) is 0.516. The smallest absolute Gasteiger partial charge is 0.196 e. The van der Waals surface area contributed by atoms with Crippen LogP contribution in [0.2, 0.25) is 0 Å². The number of hydrogen-bond donors (Lipinski definition) is 2. The molecule has 52 valence electrons. The molecular formula is C5H5N3O2. The molecule has 0 aliphatic rings. The number of fused-ring (bicyclic) bond motifs is 1. The van der Waals surface area contributed by atoms with Crippen molar-refractivity contribution in [2.24, 2.45) is 0 Å². The zero-order valence-corrected chi connectivity index (χ0v) is 4.97. The van der Waals surface area contributed by atoms with Gasteiger partial charge in [-0.1, -0.05) is 0 Å². The van der Waals surface area contributed by atoms with Crippen LogP contribution >= 0.6 is 0 Å². The monoisotopic (exact) mass is 139 g/mol. The molecule has 2 aromatic heterocycles. The van der Waals surface area contributed by atoms with Gasteiger partial charge >= 0.3 is 0 Å². The molecule has 0 atom stereocenters. The van der Waals surface area contributed by atoms with Crippen molar-refractivity contribution in [3.63, 3.8) is 0 Å². The Bertz CT molecular complexity index is 326. The fourth-order valence-corrected chi connectivity index (χ4v) is 0.879. The SMILES string of the molecule is On1cnc2c1ccn2O. The topological polar surface area (TPSA) is 63.2 Å². The van der Waals surface area contributed by atoms with E-state index in [1.54, 1.807) is 6.07 Å². The summed E-state index contributed by atoms with van der Waals surface area (Å²) in [4.78, 5) is 3.70. The summed E-state index contributed by atoms with van der Waals surface area (Å²) in [5, 5.41) is 17.9. The van der Waals surface area contributed by atoms with Crippen LogP contribution in [0.4, 0.5) is 0 Å². The fraction of sp³-hybridized carbons (Fsp3) is 0. The van der Waals surface area contributed by atoms with E-state index in [4.69, 9.17) is 10.4 Å². The molecule has 0 spiro atoms. The van der Waals surface area contributed by atoms with Crippen molar-refractivity contribution in [3.05, 3.63) is 18.6 Å². The summed E-state index contributed by atoms with van der Waals surface area (Å²) in [6.45, 7) is 0. The van der Waals surface area contributed by atoms with Crippen LogP contribution in [-0.4, -0.2) is 24.9 Å². The maximum absolute atomic E-state index is 8.95. The number of hydrogen-bond acceptors (Lipinski definition) is 3. The predicted molar refractivity (Wildman–Crippen MR) is 32.1 cm³/mol. The highest BCUT2D eigenvalue weighted by molar-refractivity contribution is 5.71. The van der Waals surface area contributed by atoms with Crippen molar-refractivity contribution >= 4 is 11.2 Å². The Balaban J connectivity index is 2.95. The number of rotatable bonds is 0. The largest absolute Gasteiger partial charge is 0.427 e. The van der Waals surface area contributed by atoms with Gasteiger partial charge in [0.1, 0.15) is 11.8 Å². The van der Waals surface area contributed by atoms with E-state index in [1.165, 1.54) is 12.5 Å². The average Bonchev–Trinajstić information content (AvgIpc) is 2.41. The molecule has 2 heterocycles. The summed E-state index contributed by atoms with van der Waals surface area (Å²) in [5.41, 5.74) is 0.838. The van der Waals surface area contributed by atoms with Crippen LogP contribution in [0.15, 0.2) is 18.6 Å². The Hall–Kier alpha value is -1.65. The normalized spacial score (nSPS) is 10.8. The first-order valence-electron chi connectivity index (χ1n) is 2.72. The minimum absolute atomic E-state index is 0.350. The lowest BCUT2D eigenvalue weighted by Crippen LogP contribution is -1.84. The summed E-state index contributed by atoms with van der Waals surface area (Å²) >= 11 is 0. The summed E-state index contributed by atoms with van der Waals surface area (Å²) in [6, 6.07) is 1.56. The van der Waals surface area contributed by atoms with Crippen molar-refractivity contribution in [2.45, 2.75) is 0 Å². The Morgan fingerprint density at radius 2 is 2.10 bits per heavy atom. The number of nitrogens with zero attached hydrogens (tertiary/aromatic N) is 3. The van der Waals surface area contributed by atoms with Gasteiger partial charge in [0, 0.05) is 6.20 Å². The minimum atomic E-state index is 0.350. The fourth-order valence-electron chi connectivity index (χ4n) is 0.879. The molecule has 0 aromatic carbocycles. The lowest BCUT2D eigenvalue weighted by Gasteiger charge is -1.84. The van der Waals surface area contributed by atoms with E-state index in [0.717, 1.165) is 9.46 Å². The zero-order chi connectivity index (χ0) is 7.14. The van der Waals surface area contributed by atoms with Crippen molar-refractivity contribution in [1.82, 2.24) is 14.4 Å². The lowest BCUT2D eigenvalue weighted by atomic mass is 10.6. The zero-order valence-electron chi connectivity index (χ0n) is 4.97. The molecule has 2 rings (SSSR count). The van der Waals surface area contributed by atoms with Gasteiger partial charge in [0.15, 0.2) is 5.65 Å². The van der Waals surface area contributed by atoms with E-state index in [0.29, 0.717) is 11.2 Å². The molecule has 0 aliphatic carbocycles. The van der Waals surface area contributed by atoms with Gasteiger partial charge in [0.05, 0.1) is 0 Å². The van der Waals surface area contributed by atoms with Gasteiger partial charge in [-0.15, -0.1) is 0 Å². The summed E-state index contributed by atoms with van der Waals surface area (Å²) in [6.07, 6.45) is 2.63. The Morgan fingerprint density at radius 3 is 2.80 bits per heavy atom. The van der Waals surface area contributed by atoms with Crippen LogP contribution in [0.25, 0.3) is 11.2 Å². The molecule has 0 bridgehead atoms. The van der Waals surface area contributed by atoms with Crippen LogP contribution < -0.4 is 0 Å². The number of aromatic nitrogens is 3. The Kier molecular flexibility index (Phi) is 0.743. The second-order valence-corrected chi connectivity index (χ2v) is 1.96. The van der Waals surface area contributed by atoms with Gasteiger partial charge in [0.25, 0.3) is 0 Å². The first-order valence-corrected chi connectivity index (χ1v) is 2.72. The van der Waals surface area contributed by atoms with Crippen LogP contribution in [0.3, 0.4) is 0 Å². The lowest BCUT2D eigenvalue weighted by molar-refractivity contribution is 0.197. The first kappa shape index (κ1) is 5.16. The van der Waals surface area contributed by atoms with Gasteiger partial charge in [-0.3, -0.25) is 0 Å². The van der Waals surface area contributed by atoms with Gasteiger partial charge in [0.2, 0.25) is 0 Å². The molecule has 5 heteroatoms. The van der Waals surface area contributed by atoms with Crippen molar-refractivity contribution < 1.29 is 10.4 Å². The molecule has 2 N–H and O–H groups in total. The maximum atomic E-state index is 8.95. The molecule has 0 aliphatic heterocycles. The predicted octanol–water partition coefficient (Wildman–Crippen LogP) is 0.312. The van der Waals surface area contributed by atoms with Crippen LogP contribution in [0.1, 0.15) is 0 Å². The second kappa shape index (κ2) is 1.44. The van der Waals surface area contributed by atoms with Gasteiger partial charge < -0.3 is 10.4 Å². The van der Waals surface area contributed by atoms with E-state index < -0.39 is 0 Å². The molecule has 0 saturated carbocycles. The van der Waals surface area contributed by atoms with E-state index in [2.05, 4.69) is 4.98 Å². The third-order valence-corrected chi connectivity index (χ3v) is 1.36. The van der Waals surface area contributed by atoms with Crippen LogP contribution in [0.5, 0.6) is 0 Å². The summed E-state index contributed by atoms with van der Waals surface area (Å²) < 4.78 is 1.70. The second-order valence-electron chi connectivity index (χ2n) is 1.96. The highest BCUT2D eigenvalue weighted by Crippen LogP contribution is 2.09. The molecule has 0 radical (unpaired) electrons.